The highest BCUT2D eigenvalue weighted by Crippen LogP contribution is 2.36. The summed E-state index contributed by atoms with van der Waals surface area (Å²) in [5.41, 5.74) is 3.12. The molecule has 0 spiro atoms. The summed E-state index contributed by atoms with van der Waals surface area (Å²) in [6, 6.07) is 15.8. The fraction of sp³-hybridized carbons (Fsp3) is 0.312. The number of aliphatic imine (C=N–C) groups is 1. The molecule has 3 aromatic carbocycles. The van der Waals surface area contributed by atoms with Gasteiger partial charge in [-0.3, -0.25) is 9.69 Å². The summed E-state index contributed by atoms with van der Waals surface area (Å²) in [6.07, 6.45) is -3.61. The summed E-state index contributed by atoms with van der Waals surface area (Å²) in [7, 11) is 0. The molecule has 2 atom stereocenters. The predicted molar refractivity (Wildman–Crippen MR) is 173 cm³/mol. The summed E-state index contributed by atoms with van der Waals surface area (Å²) in [6.45, 7) is 7.69. The molecule has 0 bridgehead atoms. The Kier molecular flexibility index (Phi) is 11.2. The lowest BCUT2D eigenvalue weighted by atomic mass is 10.1. The first-order chi connectivity index (χ1) is 21.8. The first-order valence-electron chi connectivity index (χ1n) is 14.4. The maximum Gasteiger partial charge on any atom is 0.573 e. The molecule has 1 aliphatic rings. The molecule has 14 heteroatoms. The van der Waals surface area contributed by atoms with E-state index < -0.39 is 24.2 Å². The van der Waals surface area contributed by atoms with Crippen molar-refractivity contribution in [1.82, 2.24) is 5.32 Å². The molecule has 244 valence electrons. The molecule has 5 amide bonds. The third kappa shape index (κ3) is 9.89. The number of nitrogens with zero attached hydrogens (tertiary/aromatic N) is 2. The number of thioether (sulfide) groups is 1. The van der Waals surface area contributed by atoms with Crippen LogP contribution in [0.25, 0.3) is 0 Å². The van der Waals surface area contributed by atoms with Crippen molar-refractivity contribution in [2.24, 2.45) is 4.99 Å². The van der Waals surface area contributed by atoms with Crippen molar-refractivity contribution in [2.75, 3.05) is 21.3 Å². The number of benzene rings is 3. The molecule has 3 aromatic rings. The highest BCUT2D eigenvalue weighted by Gasteiger charge is 2.33. The Morgan fingerprint density at radius 3 is 2.24 bits per heavy atom. The van der Waals surface area contributed by atoms with Crippen molar-refractivity contribution in [3.8, 4) is 11.5 Å². The van der Waals surface area contributed by atoms with Crippen LogP contribution in [-0.4, -0.2) is 47.4 Å². The Morgan fingerprint density at radius 2 is 1.63 bits per heavy atom. The van der Waals surface area contributed by atoms with Crippen LogP contribution in [0.5, 0.6) is 11.5 Å². The molecule has 4 rings (SSSR count). The molecule has 3 N–H and O–H groups in total. The number of hydrogen-bond donors (Lipinski definition) is 3. The molecule has 0 saturated carbocycles. The smallest absolute Gasteiger partial charge is 0.489 e. The summed E-state index contributed by atoms with van der Waals surface area (Å²) >= 11 is 1.19. The molecule has 0 aliphatic carbocycles. The molecule has 1 aliphatic heterocycles. The van der Waals surface area contributed by atoms with Crippen LogP contribution in [0.15, 0.2) is 71.7 Å². The van der Waals surface area contributed by atoms with E-state index in [1.54, 1.807) is 24.3 Å². The summed E-state index contributed by atoms with van der Waals surface area (Å²) in [4.78, 5) is 43.7. The Hall–Kier alpha value is -4.72. The molecule has 1 fully saturated rings. The SMILES string of the molecule is CCC(C)Oc1ccc(C)cc1N1C(=O)CS/C1=N\C(=O)NC(C)Cc1ccc(NC(=O)Nc2ccc(OC(F)(F)F)cc2)cc1. The Labute approximate surface area is 268 Å². The van der Waals surface area contributed by atoms with E-state index in [9.17, 15) is 27.6 Å². The number of hydrogen-bond acceptors (Lipinski definition) is 6. The minimum atomic E-state index is -4.80. The number of carbonyl (C=O) groups is 3. The first kappa shape index (κ1) is 34.2. The highest BCUT2D eigenvalue weighted by atomic mass is 32.2. The van der Waals surface area contributed by atoms with Gasteiger partial charge in [-0.05, 0) is 93.3 Å². The monoisotopic (exact) mass is 657 g/mol. The van der Waals surface area contributed by atoms with E-state index in [1.165, 1.54) is 28.8 Å². The number of urea groups is 2. The minimum absolute atomic E-state index is 0.0606. The van der Waals surface area contributed by atoms with Gasteiger partial charge in [0.15, 0.2) is 5.17 Å². The number of anilines is 3. The van der Waals surface area contributed by atoms with E-state index in [-0.39, 0.29) is 34.7 Å². The number of aryl methyl sites for hydroxylation is 1. The van der Waals surface area contributed by atoms with Gasteiger partial charge in [-0.1, -0.05) is 36.9 Å². The van der Waals surface area contributed by atoms with Crippen LogP contribution in [0.4, 0.5) is 39.8 Å². The maximum absolute atomic E-state index is 12.9. The van der Waals surface area contributed by atoms with Gasteiger partial charge in [0.05, 0.1) is 17.5 Å². The van der Waals surface area contributed by atoms with Gasteiger partial charge in [-0.25, -0.2) is 9.59 Å². The number of amidine groups is 1. The van der Waals surface area contributed by atoms with Crippen molar-refractivity contribution in [3.63, 3.8) is 0 Å². The minimum Gasteiger partial charge on any atom is -0.489 e. The van der Waals surface area contributed by atoms with Crippen molar-refractivity contribution >= 4 is 52.0 Å². The quantitative estimate of drug-likeness (QED) is 0.208. The highest BCUT2D eigenvalue weighted by molar-refractivity contribution is 8.15. The second kappa shape index (κ2) is 15.0. The van der Waals surface area contributed by atoms with Crippen LogP contribution in [0.3, 0.4) is 0 Å². The van der Waals surface area contributed by atoms with E-state index in [2.05, 4.69) is 25.7 Å². The lowest BCUT2D eigenvalue weighted by Gasteiger charge is -2.22. The van der Waals surface area contributed by atoms with Gasteiger partial charge in [0.1, 0.15) is 11.5 Å². The molecule has 1 saturated heterocycles. The zero-order chi connectivity index (χ0) is 33.4. The number of alkyl halides is 3. The summed E-state index contributed by atoms with van der Waals surface area (Å²) < 4.78 is 46.8. The fourth-order valence-electron chi connectivity index (χ4n) is 4.38. The summed E-state index contributed by atoms with van der Waals surface area (Å²) in [5, 5.41) is 8.29. The van der Waals surface area contributed by atoms with Gasteiger partial charge in [0.25, 0.3) is 0 Å². The molecular formula is C32H34F3N5O5S. The van der Waals surface area contributed by atoms with Crippen molar-refractivity contribution in [3.05, 3.63) is 77.9 Å². The number of rotatable bonds is 10. The van der Waals surface area contributed by atoms with E-state index in [1.807, 2.05) is 45.9 Å². The average Bonchev–Trinajstić information content (AvgIpc) is 3.34. The number of halogens is 3. The van der Waals surface area contributed by atoms with E-state index >= 15 is 0 Å². The van der Waals surface area contributed by atoms with Gasteiger partial charge >= 0.3 is 18.4 Å². The normalized spacial score (nSPS) is 15.3. The van der Waals surface area contributed by atoms with Crippen LogP contribution in [0, 0.1) is 6.92 Å². The fourth-order valence-corrected chi connectivity index (χ4v) is 5.23. The Morgan fingerprint density at radius 1 is 1.00 bits per heavy atom. The third-order valence-corrected chi connectivity index (χ3v) is 7.61. The molecule has 0 radical (unpaired) electrons. The van der Waals surface area contributed by atoms with Crippen LogP contribution in [0.2, 0.25) is 0 Å². The van der Waals surface area contributed by atoms with Gasteiger partial charge in [0, 0.05) is 17.4 Å². The third-order valence-electron chi connectivity index (χ3n) is 6.69. The van der Waals surface area contributed by atoms with Gasteiger partial charge < -0.3 is 25.4 Å². The van der Waals surface area contributed by atoms with Crippen molar-refractivity contribution in [1.29, 1.82) is 0 Å². The van der Waals surface area contributed by atoms with E-state index in [0.717, 1.165) is 29.7 Å². The van der Waals surface area contributed by atoms with Crippen LogP contribution in [-0.2, 0) is 11.2 Å². The van der Waals surface area contributed by atoms with E-state index in [0.29, 0.717) is 23.5 Å². The van der Waals surface area contributed by atoms with Crippen molar-refractivity contribution < 1.29 is 37.0 Å². The molecule has 46 heavy (non-hydrogen) atoms. The topological polar surface area (TPSA) is 121 Å². The van der Waals surface area contributed by atoms with Crippen LogP contribution >= 0.6 is 11.8 Å². The van der Waals surface area contributed by atoms with Crippen LogP contribution < -0.4 is 30.3 Å². The molecule has 2 unspecified atom stereocenters. The lowest BCUT2D eigenvalue weighted by molar-refractivity contribution is -0.274. The average molecular weight is 658 g/mol. The maximum atomic E-state index is 12.9. The number of amides is 5. The second-order valence-corrected chi connectivity index (χ2v) is 11.6. The zero-order valence-corrected chi connectivity index (χ0v) is 26.4. The standard InChI is InChI=1S/C32H34F3N5O5S/c1-5-21(4)44-27-15-6-19(2)16-26(27)40-28(41)18-46-31(40)39-29(42)36-20(3)17-22-7-9-23(10-8-22)37-30(43)38-24-11-13-25(14-12-24)45-32(33,34)35/h6-16,20-21H,5,17-18H2,1-4H3,(H,36,42)(H2,37,38,43)/b39-31-. The van der Waals surface area contributed by atoms with Crippen LogP contribution in [0.1, 0.15) is 38.3 Å². The number of carbonyl (C=O) groups excluding carboxylic acids is 3. The van der Waals surface area contributed by atoms with Gasteiger partial charge in [-0.2, -0.15) is 4.99 Å². The largest absolute Gasteiger partial charge is 0.573 e. The molecule has 0 aromatic heterocycles. The second-order valence-electron chi connectivity index (χ2n) is 10.6. The summed E-state index contributed by atoms with van der Waals surface area (Å²) in [5.74, 6) is 0.103. The Bertz CT molecular complexity index is 1580. The predicted octanol–water partition coefficient (Wildman–Crippen LogP) is 7.49. The van der Waals surface area contributed by atoms with Crippen molar-refractivity contribution in [2.45, 2.75) is 59.0 Å². The Balaban J connectivity index is 1.32. The van der Waals surface area contributed by atoms with E-state index in [4.69, 9.17) is 4.74 Å². The van der Waals surface area contributed by atoms with Gasteiger partial charge in [-0.15, -0.1) is 13.2 Å². The number of ether oxygens (including phenoxy) is 2. The first-order valence-corrected chi connectivity index (χ1v) is 15.4. The van der Waals surface area contributed by atoms with Gasteiger partial charge in [0.2, 0.25) is 5.91 Å². The molecular weight excluding hydrogens is 623 g/mol. The lowest BCUT2D eigenvalue weighted by Crippen LogP contribution is -2.35. The molecule has 10 nitrogen and oxygen atoms in total. The molecule has 1 heterocycles. The number of nitrogens with one attached hydrogen (secondary N) is 3. The zero-order valence-electron chi connectivity index (χ0n) is 25.6.